The van der Waals surface area contributed by atoms with E-state index in [0.29, 0.717) is 18.0 Å². The van der Waals surface area contributed by atoms with Crippen LogP contribution >= 0.6 is 0 Å². The van der Waals surface area contributed by atoms with Gasteiger partial charge in [-0.3, -0.25) is 10.1 Å². The summed E-state index contributed by atoms with van der Waals surface area (Å²) in [6, 6.07) is 4.59. The Hall–Kier alpha value is -1.82. The van der Waals surface area contributed by atoms with E-state index in [-0.39, 0.29) is 23.8 Å². The quantitative estimate of drug-likeness (QED) is 0.593. The van der Waals surface area contributed by atoms with Gasteiger partial charge in [0.25, 0.3) is 5.69 Å². The fourth-order valence-corrected chi connectivity index (χ4v) is 1.53. The lowest BCUT2D eigenvalue weighted by Crippen LogP contribution is -2.26. The predicted molar refractivity (Wildman–Crippen MR) is 78.2 cm³/mol. The van der Waals surface area contributed by atoms with Gasteiger partial charge in [0.2, 0.25) is 0 Å². The van der Waals surface area contributed by atoms with Crippen molar-refractivity contribution in [2.45, 2.75) is 33.8 Å². The minimum atomic E-state index is -0.449. The largest absolute Gasteiger partial charge is 0.491 e. The molecule has 112 valence electrons. The molecule has 0 fully saturated rings. The number of nitrogens with one attached hydrogen (secondary N) is 1. The Labute approximate surface area is 118 Å². The summed E-state index contributed by atoms with van der Waals surface area (Å²) in [4.78, 5) is 10.5. The molecule has 0 unspecified atom stereocenters. The van der Waals surface area contributed by atoms with Gasteiger partial charge in [0, 0.05) is 36.4 Å². The van der Waals surface area contributed by atoms with Crippen molar-refractivity contribution in [1.29, 1.82) is 0 Å². The minimum absolute atomic E-state index is 0.0209. The van der Waals surface area contributed by atoms with Gasteiger partial charge >= 0.3 is 0 Å². The molecular formula is C14H22N2O4. The zero-order chi connectivity index (χ0) is 15.3. The third-order valence-corrected chi connectivity index (χ3v) is 2.67. The number of nitro benzene ring substituents is 1. The molecule has 0 bridgehead atoms. The molecule has 0 aliphatic rings. The van der Waals surface area contributed by atoms with Crippen LogP contribution in [0.25, 0.3) is 0 Å². The molecule has 2 N–H and O–H groups in total. The molecule has 0 spiro atoms. The van der Waals surface area contributed by atoms with Gasteiger partial charge in [0.05, 0.1) is 17.1 Å². The SMILES string of the molecule is CC(C)Oc1cc(NCC(C)(C)CO)cc([N+](=O)[O-])c1. The number of aliphatic hydroxyl groups is 1. The molecule has 0 aliphatic carbocycles. The molecule has 0 radical (unpaired) electrons. The summed E-state index contributed by atoms with van der Waals surface area (Å²) in [7, 11) is 0. The highest BCUT2D eigenvalue weighted by Crippen LogP contribution is 2.27. The maximum absolute atomic E-state index is 10.9. The summed E-state index contributed by atoms with van der Waals surface area (Å²) in [6.45, 7) is 8.07. The van der Waals surface area contributed by atoms with Gasteiger partial charge in [0.1, 0.15) is 5.75 Å². The Balaban J connectivity index is 2.94. The summed E-state index contributed by atoms with van der Waals surface area (Å²) in [6.07, 6.45) is -0.0567. The number of nitrogens with zero attached hydrogens (tertiary/aromatic N) is 1. The third kappa shape index (κ3) is 5.05. The van der Waals surface area contributed by atoms with Crippen molar-refractivity contribution in [3.8, 4) is 5.75 Å². The van der Waals surface area contributed by atoms with Crippen LogP contribution in [0.5, 0.6) is 5.75 Å². The molecule has 1 aromatic rings. The second kappa shape index (κ2) is 6.56. The van der Waals surface area contributed by atoms with Crippen LogP contribution in [-0.4, -0.2) is 29.3 Å². The first-order chi connectivity index (χ1) is 9.23. The summed E-state index contributed by atoms with van der Waals surface area (Å²) in [5, 5.41) is 23.2. The summed E-state index contributed by atoms with van der Waals surface area (Å²) < 4.78 is 5.51. The van der Waals surface area contributed by atoms with Crippen molar-refractivity contribution in [1.82, 2.24) is 0 Å². The molecule has 0 saturated carbocycles. The van der Waals surface area contributed by atoms with Gasteiger partial charge in [-0.2, -0.15) is 0 Å². The second-order valence-electron chi connectivity index (χ2n) is 5.82. The van der Waals surface area contributed by atoms with Crippen molar-refractivity contribution in [3.63, 3.8) is 0 Å². The molecule has 0 atom stereocenters. The molecular weight excluding hydrogens is 260 g/mol. The highest BCUT2D eigenvalue weighted by molar-refractivity contribution is 5.56. The smallest absolute Gasteiger partial charge is 0.275 e. The number of rotatable bonds is 7. The van der Waals surface area contributed by atoms with Crippen LogP contribution in [0.15, 0.2) is 18.2 Å². The van der Waals surface area contributed by atoms with E-state index in [4.69, 9.17) is 4.74 Å². The molecule has 20 heavy (non-hydrogen) atoms. The van der Waals surface area contributed by atoms with E-state index in [1.54, 1.807) is 6.07 Å². The molecule has 0 aromatic heterocycles. The zero-order valence-electron chi connectivity index (χ0n) is 12.3. The summed E-state index contributed by atoms with van der Waals surface area (Å²) >= 11 is 0. The highest BCUT2D eigenvalue weighted by atomic mass is 16.6. The number of hydrogen-bond donors (Lipinski definition) is 2. The fraction of sp³-hybridized carbons (Fsp3) is 0.571. The molecule has 1 rings (SSSR count). The van der Waals surface area contributed by atoms with Gasteiger partial charge in [0.15, 0.2) is 0 Å². The highest BCUT2D eigenvalue weighted by Gasteiger charge is 2.17. The average molecular weight is 282 g/mol. The van der Waals surface area contributed by atoms with Crippen molar-refractivity contribution >= 4 is 11.4 Å². The number of ether oxygens (including phenoxy) is 1. The molecule has 1 aromatic carbocycles. The van der Waals surface area contributed by atoms with Crippen molar-refractivity contribution in [2.75, 3.05) is 18.5 Å². The average Bonchev–Trinajstić information content (AvgIpc) is 2.35. The Morgan fingerprint density at radius 3 is 2.55 bits per heavy atom. The molecule has 0 aliphatic heterocycles. The van der Waals surface area contributed by atoms with Crippen LogP contribution in [-0.2, 0) is 0 Å². The number of anilines is 1. The first kappa shape index (κ1) is 16.2. The maximum Gasteiger partial charge on any atom is 0.275 e. The summed E-state index contributed by atoms with van der Waals surface area (Å²) in [5.41, 5.74) is 0.285. The monoisotopic (exact) mass is 282 g/mol. The predicted octanol–water partition coefficient (Wildman–Crippen LogP) is 2.81. The Bertz CT molecular complexity index is 472. The third-order valence-electron chi connectivity index (χ3n) is 2.67. The first-order valence-corrected chi connectivity index (χ1v) is 6.54. The molecule has 0 heterocycles. The van der Waals surface area contributed by atoms with Gasteiger partial charge in [-0.15, -0.1) is 0 Å². The second-order valence-corrected chi connectivity index (χ2v) is 5.82. The Morgan fingerprint density at radius 1 is 1.40 bits per heavy atom. The number of aliphatic hydroxyl groups excluding tert-OH is 1. The van der Waals surface area contributed by atoms with Crippen molar-refractivity contribution in [2.24, 2.45) is 5.41 Å². The summed E-state index contributed by atoms with van der Waals surface area (Å²) in [5.74, 6) is 0.457. The number of hydrogen-bond acceptors (Lipinski definition) is 5. The van der Waals surface area contributed by atoms with Crippen molar-refractivity contribution in [3.05, 3.63) is 28.3 Å². The standard InChI is InChI=1S/C14H22N2O4/c1-10(2)20-13-6-11(5-12(7-13)16(18)19)15-8-14(3,4)9-17/h5-7,10,15,17H,8-9H2,1-4H3. The zero-order valence-corrected chi connectivity index (χ0v) is 12.3. The van der Waals surface area contributed by atoms with Gasteiger partial charge in [-0.05, 0) is 13.8 Å². The lowest BCUT2D eigenvalue weighted by Gasteiger charge is -2.22. The number of non-ortho nitro benzene ring substituents is 1. The molecule has 0 saturated heterocycles. The minimum Gasteiger partial charge on any atom is -0.491 e. The van der Waals surface area contributed by atoms with E-state index in [0.717, 1.165) is 0 Å². The van der Waals surface area contributed by atoms with E-state index in [9.17, 15) is 15.2 Å². The lowest BCUT2D eigenvalue weighted by atomic mass is 9.95. The molecule has 6 heteroatoms. The van der Waals surface area contributed by atoms with Gasteiger partial charge in [-0.25, -0.2) is 0 Å². The van der Waals surface area contributed by atoms with Crippen LogP contribution in [0.2, 0.25) is 0 Å². The molecule has 6 nitrogen and oxygen atoms in total. The van der Waals surface area contributed by atoms with Crippen LogP contribution in [0.4, 0.5) is 11.4 Å². The van der Waals surface area contributed by atoms with Crippen LogP contribution < -0.4 is 10.1 Å². The normalized spacial score (nSPS) is 11.5. The maximum atomic E-state index is 10.9. The van der Waals surface area contributed by atoms with E-state index in [1.165, 1.54) is 12.1 Å². The van der Waals surface area contributed by atoms with E-state index < -0.39 is 4.92 Å². The van der Waals surface area contributed by atoms with Gasteiger partial charge in [-0.1, -0.05) is 13.8 Å². The fourth-order valence-electron chi connectivity index (χ4n) is 1.53. The van der Waals surface area contributed by atoms with Crippen LogP contribution in [0.1, 0.15) is 27.7 Å². The Morgan fingerprint density at radius 2 is 2.05 bits per heavy atom. The number of nitro groups is 1. The van der Waals surface area contributed by atoms with E-state index in [2.05, 4.69) is 5.32 Å². The molecule has 0 amide bonds. The van der Waals surface area contributed by atoms with Gasteiger partial charge < -0.3 is 15.2 Å². The van der Waals surface area contributed by atoms with Crippen molar-refractivity contribution < 1.29 is 14.8 Å². The van der Waals surface area contributed by atoms with E-state index in [1.807, 2.05) is 27.7 Å². The lowest BCUT2D eigenvalue weighted by molar-refractivity contribution is -0.384. The van der Waals surface area contributed by atoms with Crippen LogP contribution in [0.3, 0.4) is 0 Å². The number of benzene rings is 1. The Kier molecular flexibility index (Phi) is 5.33. The van der Waals surface area contributed by atoms with E-state index >= 15 is 0 Å². The first-order valence-electron chi connectivity index (χ1n) is 6.54. The van der Waals surface area contributed by atoms with Crippen LogP contribution in [0, 0.1) is 15.5 Å². The topological polar surface area (TPSA) is 84.6 Å².